The number of aromatic nitrogens is 2. The maximum absolute atomic E-state index is 10.7. The zero-order chi connectivity index (χ0) is 14.7. The summed E-state index contributed by atoms with van der Waals surface area (Å²) in [4.78, 5) is 15.1. The first kappa shape index (κ1) is 14.5. The topological polar surface area (TPSA) is 64.4 Å². The molecule has 2 aromatic rings. The minimum absolute atomic E-state index is 0.00834. The lowest BCUT2D eigenvalue weighted by atomic mass is 10.2. The molecule has 0 saturated carbocycles. The van der Waals surface area contributed by atoms with Gasteiger partial charge in [0.2, 0.25) is 0 Å². The molecule has 0 spiro atoms. The molecule has 0 saturated heterocycles. The molecule has 5 nitrogen and oxygen atoms in total. The third-order valence-electron chi connectivity index (χ3n) is 2.78. The van der Waals surface area contributed by atoms with Crippen LogP contribution in [0.25, 0.3) is 5.69 Å². The van der Waals surface area contributed by atoms with Crippen LogP contribution in [0.1, 0.15) is 11.3 Å². The summed E-state index contributed by atoms with van der Waals surface area (Å²) < 4.78 is 7.14. The number of thioether (sulfide) groups is 1. The van der Waals surface area contributed by atoms with Gasteiger partial charge in [-0.25, -0.2) is 4.98 Å². The fraction of sp³-hybridized carbons (Fsp3) is 0.286. The third-order valence-corrected chi connectivity index (χ3v) is 3.71. The van der Waals surface area contributed by atoms with Gasteiger partial charge in [0.15, 0.2) is 5.16 Å². The second-order valence-corrected chi connectivity index (χ2v) is 5.31. The number of aliphatic carboxylic acids is 1. The average Bonchev–Trinajstić information content (AvgIpc) is 2.77. The highest BCUT2D eigenvalue weighted by Gasteiger charge is 2.11. The lowest BCUT2D eigenvalue weighted by molar-refractivity contribution is -0.133. The van der Waals surface area contributed by atoms with E-state index in [0.29, 0.717) is 5.16 Å². The first-order chi connectivity index (χ1) is 9.51. The predicted octanol–water partition coefficient (Wildman–Crippen LogP) is 2.67. The van der Waals surface area contributed by atoms with Crippen molar-refractivity contribution in [3.63, 3.8) is 0 Å². The number of aryl methyl sites for hydroxylation is 2. The SMILES string of the molecule is COc1ccc(-n2cc(C)nc2SCC(=O)O)cc1C. The summed E-state index contributed by atoms with van der Waals surface area (Å²) in [6.45, 7) is 3.86. The molecule has 2 rings (SSSR count). The highest BCUT2D eigenvalue weighted by Crippen LogP contribution is 2.25. The van der Waals surface area contributed by atoms with Crippen molar-refractivity contribution >= 4 is 17.7 Å². The molecular formula is C14H16N2O3S. The van der Waals surface area contributed by atoms with E-state index in [-0.39, 0.29) is 5.75 Å². The van der Waals surface area contributed by atoms with Crippen LogP contribution in [0, 0.1) is 13.8 Å². The minimum Gasteiger partial charge on any atom is -0.496 e. The van der Waals surface area contributed by atoms with Crippen LogP contribution in [-0.4, -0.2) is 33.5 Å². The van der Waals surface area contributed by atoms with Gasteiger partial charge in [0.05, 0.1) is 18.6 Å². The molecule has 6 heteroatoms. The highest BCUT2D eigenvalue weighted by molar-refractivity contribution is 7.99. The normalized spacial score (nSPS) is 10.6. The summed E-state index contributed by atoms with van der Waals surface area (Å²) in [5, 5.41) is 9.46. The summed E-state index contributed by atoms with van der Waals surface area (Å²) in [6.07, 6.45) is 1.89. The maximum Gasteiger partial charge on any atom is 0.313 e. The monoisotopic (exact) mass is 292 g/mol. The average molecular weight is 292 g/mol. The highest BCUT2D eigenvalue weighted by atomic mass is 32.2. The van der Waals surface area contributed by atoms with Crippen LogP contribution in [0.3, 0.4) is 0 Å². The van der Waals surface area contributed by atoms with Gasteiger partial charge in [0.25, 0.3) is 0 Å². The molecule has 0 atom stereocenters. The van der Waals surface area contributed by atoms with Crippen molar-refractivity contribution in [1.82, 2.24) is 9.55 Å². The second kappa shape index (κ2) is 6.00. The lowest BCUT2D eigenvalue weighted by Crippen LogP contribution is -2.01. The molecule has 0 unspecified atom stereocenters. The number of carboxylic acids is 1. The fourth-order valence-corrected chi connectivity index (χ4v) is 2.66. The van der Waals surface area contributed by atoms with Crippen molar-refractivity contribution in [2.75, 3.05) is 12.9 Å². The summed E-state index contributed by atoms with van der Waals surface area (Å²) >= 11 is 1.21. The van der Waals surface area contributed by atoms with E-state index in [1.165, 1.54) is 11.8 Å². The van der Waals surface area contributed by atoms with Gasteiger partial charge < -0.3 is 9.84 Å². The van der Waals surface area contributed by atoms with Crippen LogP contribution in [0.5, 0.6) is 5.75 Å². The van der Waals surface area contributed by atoms with Crippen molar-refractivity contribution in [2.24, 2.45) is 0 Å². The molecule has 1 N–H and O–H groups in total. The van der Waals surface area contributed by atoms with Crippen LogP contribution in [-0.2, 0) is 4.79 Å². The van der Waals surface area contributed by atoms with Crippen molar-refractivity contribution in [3.05, 3.63) is 35.7 Å². The Balaban J connectivity index is 2.36. The molecule has 0 aliphatic carbocycles. The molecule has 20 heavy (non-hydrogen) atoms. The van der Waals surface area contributed by atoms with Crippen LogP contribution >= 0.6 is 11.8 Å². The number of hydrogen-bond donors (Lipinski definition) is 1. The number of methoxy groups -OCH3 is 1. The Kier molecular flexibility index (Phi) is 4.34. The zero-order valence-corrected chi connectivity index (χ0v) is 12.4. The molecule has 1 aromatic heterocycles. The van der Waals surface area contributed by atoms with E-state index >= 15 is 0 Å². The molecule has 0 aliphatic heterocycles. The number of carboxylic acid groups (broad SMARTS) is 1. The number of nitrogens with zero attached hydrogens (tertiary/aromatic N) is 2. The molecule has 0 aliphatic rings. The van der Waals surface area contributed by atoms with E-state index in [2.05, 4.69) is 4.98 Å². The van der Waals surface area contributed by atoms with Gasteiger partial charge in [0.1, 0.15) is 5.75 Å². The fourth-order valence-electron chi connectivity index (χ4n) is 1.90. The molecule has 0 radical (unpaired) electrons. The van der Waals surface area contributed by atoms with E-state index in [1.54, 1.807) is 7.11 Å². The predicted molar refractivity (Wildman–Crippen MR) is 77.9 cm³/mol. The first-order valence-electron chi connectivity index (χ1n) is 6.07. The largest absolute Gasteiger partial charge is 0.496 e. The van der Waals surface area contributed by atoms with Gasteiger partial charge in [-0.1, -0.05) is 11.8 Å². The minimum atomic E-state index is -0.854. The van der Waals surface area contributed by atoms with Gasteiger partial charge in [-0.15, -0.1) is 0 Å². The Morgan fingerprint density at radius 1 is 1.45 bits per heavy atom. The van der Waals surface area contributed by atoms with Gasteiger partial charge in [-0.3, -0.25) is 9.36 Å². The van der Waals surface area contributed by atoms with E-state index in [9.17, 15) is 4.79 Å². The zero-order valence-electron chi connectivity index (χ0n) is 11.6. The van der Waals surface area contributed by atoms with Crippen molar-refractivity contribution in [1.29, 1.82) is 0 Å². The Bertz CT molecular complexity index is 637. The van der Waals surface area contributed by atoms with Crippen molar-refractivity contribution in [3.8, 4) is 11.4 Å². The number of imidazole rings is 1. The lowest BCUT2D eigenvalue weighted by Gasteiger charge is -2.10. The maximum atomic E-state index is 10.7. The molecular weight excluding hydrogens is 276 g/mol. The Labute approximate surface area is 121 Å². The summed E-state index contributed by atoms with van der Waals surface area (Å²) in [5.74, 6) is -0.0376. The molecule has 106 valence electrons. The van der Waals surface area contributed by atoms with Crippen molar-refractivity contribution in [2.45, 2.75) is 19.0 Å². The van der Waals surface area contributed by atoms with Crippen LogP contribution in [0.15, 0.2) is 29.6 Å². The quantitative estimate of drug-likeness (QED) is 0.858. The van der Waals surface area contributed by atoms with E-state index in [4.69, 9.17) is 9.84 Å². The number of ether oxygens (including phenoxy) is 1. The van der Waals surface area contributed by atoms with E-state index in [1.807, 2.05) is 42.8 Å². The van der Waals surface area contributed by atoms with Crippen molar-refractivity contribution < 1.29 is 14.6 Å². The van der Waals surface area contributed by atoms with Gasteiger partial charge >= 0.3 is 5.97 Å². The Morgan fingerprint density at radius 2 is 2.20 bits per heavy atom. The number of hydrogen-bond acceptors (Lipinski definition) is 4. The second-order valence-electron chi connectivity index (χ2n) is 4.37. The number of benzene rings is 1. The van der Waals surface area contributed by atoms with Gasteiger partial charge in [-0.2, -0.15) is 0 Å². The summed E-state index contributed by atoms with van der Waals surface area (Å²) in [7, 11) is 1.64. The molecule has 0 amide bonds. The van der Waals surface area contributed by atoms with Gasteiger partial charge in [0, 0.05) is 11.9 Å². The van der Waals surface area contributed by atoms with Crippen LogP contribution < -0.4 is 4.74 Å². The standard InChI is InChI=1S/C14H16N2O3S/c1-9-6-11(4-5-12(9)19-3)16-7-10(2)15-14(16)20-8-13(17)18/h4-7H,8H2,1-3H3,(H,17,18). The molecule has 0 fully saturated rings. The summed E-state index contributed by atoms with van der Waals surface area (Å²) in [6, 6.07) is 5.81. The Morgan fingerprint density at radius 3 is 2.80 bits per heavy atom. The third kappa shape index (κ3) is 3.14. The first-order valence-corrected chi connectivity index (χ1v) is 7.05. The molecule has 1 aromatic carbocycles. The molecule has 0 bridgehead atoms. The Hall–Kier alpha value is -1.95. The van der Waals surface area contributed by atoms with Gasteiger partial charge in [-0.05, 0) is 37.6 Å². The number of rotatable bonds is 5. The van der Waals surface area contributed by atoms with Crippen LogP contribution in [0.4, 0.5) is 0 Å². The molecule has 1 heterocycles. The van der Waals surface area contributed by atoms with E-state index in [0.717, 1.165) is 22.7 Å². The number of carbonyl (C=O) groups is 1. The van der Waals surface area contributed by atoms with Crippen LogP contribution in [0.2, 0.25) is 0 Å². The summed E-state index contributed by atoms with van der Waals surface area (Å²) in [5.41, 5.74) is 2.81. The smallest absolute Gasteiger partial charge is 0.313 e. The van der Waals surface area contributed by atoms with E-state index < -0.39 is 5.97 Å².